The average Bonchev–Trinajstić information content (AvgIpc) is 2.21. The molecule has 1 rings (SSSR count). The zero-order valence-electron chi connectivity index (χ0n) is 8.62. The van der Waals surface area contributed by atoms with Crippen molar-refractivity contribution in [3.63, 3.8) is 0 Å². The van der Waals surface area contributed by atoms with Crippen LogP contribution in [0, 0.1) is 0 Å². The molecule has 0 radical (unpaired) electrons. The molecule has 0 unspecified atom stereocenters. The van der Waals surface area contributed by atoms with Crippen LogP contribution in [0.3, 0.4) is 0 Å². The number of thioether (sulfide) groups is 1. The van der Waals surface area contributed by atoms with Crippen molar-refractivity contribution < 1.29 is 4.74 Å². The van der Waals surface area contributed by atoms with E-state index in [1.54, 1.807) is 6.20 Å². The van der Waals surface area contributed by atoms with Crippen LogP contribution < -0.4 is 10.1 Å². The third-order valence-electron chi connectivity index (χ3n) is 1.66. The van der Waals surface area contributed by atoms with Crippen LogP contribution >= 0.6 is 11.8 Å². The van der Waals surface area contributed by atoms with Crippen LogP contribution in [0.1, 0.15) is 6.92 Å². The number of hydrogen-bond acceptors (Lipinski definition) is 4. The van der Waals surface area contributed by atoms with E-state index in [1.807, 2.05) is 30.8 Å². The maximum Gasteiger partial charge on any atom is 0.213 e. The Morgan fingerprint density at radius 2 is 2.36 bits per heavy atom. The van der Waals surface area contributed by atoms with Gasteiger partial charge in [0.2, 0.25) is 5.88 Å². The Balaban J connectivity index is 2.38. The van der Waals surface area contributed by atoms with Gasteiger partial charge in [0.05, 0.1) is 18.5 Å². The molecule has 1 aromatic heterocycles. The standard InChI is InChI=1S/C10H16N2OS/c1-3-13-10-5-4-9(8-12-10)11-6-7-14-2/h4-5,8,11H,3,6-7H2,1-2H3. The highest BCUT2D eigenvalue weighted by atomic mass is 32.2. The van der Waals surface area contributed by atoms with Gasteiger partial charge in [0.1, 0.15) is 0 Å². The Hall–Kier alpha value is -0.900. The fourth-order valence-corrected chi connectivity index (χ4v) is 1.32. The molecule has 0 aliphatic rings. The van der Waals surface area contributed by atoms with Gasteiger partial charge in [-0.3, -0.25) is 0 Å². The van der Waals surface area contributed by atoms with Crippen LogP contribution in [0.5, 0.6) is 5.88 Å². The highest BCUT2D eigenvalue weighted by Crippen LogP contribution is 2.11. The van der Waals surface area contributed by atoms with E-state index < -0.39 is 0 Å². The number of ether oxygens (including phenoxy) is 1. The van der Waals surface area contributed by atoms with Crippen LogP contribution in [0.2, 0.25) is 0 Å². The molecule has 0 aliphatic heterocycles. The molecule has 0 aliphatic carbocycles. The molecular weight excluding hydrogens is 196 g/mol. The van der Waals surface area contributed by atoms with Crippen LogP contribution in [0.15, 0.2) is 18.3 Å². The van der Waals surface area contributed by atoms with Crippen molar-refractivity contribution in [1.29, 1.82) is 0 Å². The van der Waals surface area contributed by atoms with E-state index in [-0.39, 0.29) is 0 Å². The molecule has 0 atom stereocenters. The summed E-state index contributed by atoms with van der Waals surface area (Å²) in [4.78, 5) is 4.16. The second-order valence-corrected chi connectivity index (χ2v) is 3.72. The lowest BCUT2D eigenvalue weighted by Crippen LogP contribution is -2.04. The van der Waals surface area contributed by atoms with Crippen molar-refractivity contribution in [3.8, 4) is 5.88 Å². The van der Waals surface area contributed by atoms with Gasteiger partial charge in [-0.25, -0.2) is 4.98 Å². The lowest BCUT2D eigenvalue weighted by Gasteiger charge is -2.05. The van der Waals surface area contributed by atoms with Crippen molar-refractivity contribution in [2.24, 2.45) is 0 Å². The second-order valence-electron chi connectivity index (χ2n) is 2.74. The Morgan fingerprint density at radius 1 is 1.50 bits per heavy atom. The third-order valence-corrected chi connectivity index (χ3v) is 2.28. The molecule has 0 saturated heterocycles. The largest absolute Gasteiger partial charge is 0.478 e. The summed E-state index contributed by atoms with van der Waals surface area (Å²) in [7, 11) is 0. The third kappa shape index (κ3) is 3.87. The van der Waals surface area contributed by atoms with Gasteiger partial charge < -0.3 is 10.1 Å². The number of nitrogens with zero attached hydrogens (tertiary/aromatic N) is 1. The van der Waals surface area contributed by atoms with E-state index in [2.05, 4.69) is 16.6 Å². The number of hydrogen-bond donors (Lipinski definition) is 1. The van der Waals surface area contributed by atoms with Gasteiger partial charge in [0.25, 0.3) is 0 Å². The van der Waals surface area contributed by atoms with Crippen molar-refractivity contribution in [3.05, 3.63) is 18.3 Å². The number of aromatic nitrogens is 1. The van der Waals surface area contributed by atoms with Gasteiger partial charge in [0.15, 0.2) is 0 Å². The molecule has 14 heavy (non-hydrogen) atoms. The molecular formula is C10H16N2OS. The number of anilines is 1. The first-order chi connectivity index (χ1) is 6.86. The smallest absolute Gasteiger partial charge is 0.213 e. The SMILES string of the molecule is CCOc1ccc(NCCSC)cn1. The van der Waals surface area contributed by atoms with E-state index >= 15 is 0 Å². The fraction of sp³-hybridized carbons (Fsp3) is 0.500. The van der Waals surface area contributed by atoms with Gasteiger partial charge in [-0.05, 0) is 19.2 Å². The van der Waals surface area contributed by atoms with E-state index in [0.29, 0.717) is 12.5 Å². The van der Waals surface area contributed by atoms with Gasteiger partial charge in [-0.15, -0.1) is 0 Å². The molecule has 0 amide bonds. The van der Waals surface area contributed by atoms with E-state index in [9.17, 15) is 0 Å². The summed E-state index contributed by atoms with van der Waals surface area (Å²) >= 11 is 1.82. The predicted molar refractivity (Wildman–Crippen MR) is 62.3 cm³/mol. The summed E-state index contributed by atoms with van der Waals surface area (Å²) in [5, 5.41) is 3.28. The minimum Gasteiger partial charge on any atom is -0.478 e. The Bertz CT molecular complexity index is 251. The van der Waals surface area contributed by atoms with Crippen LogP contribution in [0.4, 0.5) is 5.69 Å². The van der Waals surface area contributed by atoms with Crippen LogP contribution in [0.25, 0.3) is 0 Å². The normalized spacial score (nSPS) is 9.86. The minimum absolute atomic E-state index is 0.659. The highest BCUT2D eigenvalue weighted by molar-refractivity contribution is 7.98. The van der Waals surface area contributed by atoms with Crippen LogP contribution in [-0.2, 0) is 0 Å². The predicted octanol–water partition coefficient (Wildman–Crippen LogP) is 2.26. The van der Waals surface area contributed by atoms with Crippen LogP contribution in [-0.4, -0.2) is 30.1 Å². The van der Waals surface area contributed by atoms with Gasteiger partial charge in [-0.2, -0.15) is 11.8 Å². The molecule has 0 spiro atoms. The lowest BCUT2D eigenvalue weighted by atomic mass is 10.4. The molecule has 1 aromatic rings. The summed E-state index contributed by atoms with van der Waals surface area (Å²) in [6.07, 6.45) is 3.89. The van der Waals surface area contributed by atoms with Crippen molar-refractivity contribution in [2.45, 2.75) is 6.92 Å². The van der Waals surface area contributed by atoms with Gasteiger partial charge in [-0.1, -0.05) is 0 Å². The van der Waals surface area contributed by atoms with Gasteiger partial charge in [0, 0.05) is 18.4 Å². The zero-order chi connectivity index (χ0) is 10.2. The maximum absolute atomic E-state index is 5.24. The van der Waals surface area contributed by atoms with Crippen molar-refractivity contribution >= 4 is 17.4 Å². The molecule has 1 heterocycles. The molecule has 1 N–H and O–H groups in total. The molecule has 0 aromatic carbocycles. The topological polar surface area (TPSA) is 34.1 Å². The first kappa shape index (κ1) is 11.2. The molecule has 3 nitrogen and oxygen atoms in total. The molecule has 0 fully saturated rings. The second kappa shape index (κ2) is 6.54. The zero-order valence-corrected chi connectivity index (χ0v) is 9.43. The van der Waals surface area contributed by atoms with E-state index in [4.69, 9.17) is 4.74 Å². The Kier molecular flexibility index (Phi) is 5.22. The molecule has 0 bridgehead atoms. The maximum atomic E-state index is 5.24. The quantitative estimate of drug-likeness (QED) is 0.733. The first-order valence-electron chi connectivity index (χ1n) is 4.68. The van der Waals surface area contributed by atoms with E-state index in [0.717, 1.165) is 18.0 Å². The van der Waals surface area contributed by atoms with Crippen molar-refractivity contribution in [2.75, 3.05) is 30.5 Å². The summed E-state index contributed by atoms with van der Waals surface area (Å²) in [5.41, 5.74) is 1.04. The Labute approximate surface area is 89.3 Å². The number of pyridine rings is 1. The Morgan fingerprint density at radius 3 is 2.93 bits per heavy atom. The fourth-order valence-electron chi connectivity index (χ4n) is 1.02. The monoisotopic (exact) mass is 212 g/mol. The summed E-state index contributed by atoms with van der Waals surface area (Å²) in [6, 6.07) is 3.86. The molecule has 0 saturated carbocycles. The number of nitrogens with one attached hydrogen (secondary N) is 1. The number of rotatable bonds is 6. The summed E-state index contributed by atoms with van der Waals surface area (Å²) in [6.45, 7) is 3.58. The minimum atomic E-state index is 0.659. The van der Waals surface area contributed by atoms with Gasteiger partial charge >= 0.3 is 0 Å². The average molecular weight is 212 g/mol. The highest BCUT2D eigenvalue weighted by Gasteiger charge is 1.94. The van der Waals surface area contributed by atoms with E-state index in [1.165, 1.54) is 0 Å². The first-order valence-corrected chi connectivity index (χ1v) is 6.08. The summed E-state index contributed by atoms with van der Waals surface area (Å²) < 4.78 is 5.24. The van der Waals surface area contributed by atoms with Crippen molar-refractivity contribution in [1.82, 2.24) is 4.98 Å². The molecule has 78 valence electrons. The molecule has 4 heteroatoms. The lowest BCUT2D eigenvalue weighted by molar-refractivity contribution is 0.327. The summed E-state index contributed by atoms with van der Waals surface area (Å²) in [5.74, 6) is 1.79.